The molecule has 7 heteroatoms. The van der Waals surface area contributed by atoms with Crippen molar-refractivity contribution >= 4 is 11.9 Å². The van der Waals surface area contributed by atoms with Gasteiger partial charge in [-0.3, -0.25) is 9.59 Å². The highest BCUT2D eigenvalue weighted by Gasteiger charge is 2.13. The van der Waals surface area contributed by atoms with Crippen LogP contribution in [0.15, 0.2) is 65.3 Å². The third kappa shape index (κ3) is 6.21. The summed E-state index contributed by atoms with van der Waals surface area (Å²) in [5, 5.41) is 2.72. The van der Waals surface area contributed by atoms with Crippen molar-refractivity contribution in [2.75, 3.05) is 20.3 Å². The van der Waals surface area contributed by atoms with Crippen molar-refractivity contribution in [3.8, 4) is 17.2 Å². The molecule has 3 rings (SSSR count). The second-order valence-corrected chi connectivity index (χ2v) is 6.30. The first kappa shape index (κ1) is 20.1. The number of esters is 1. The number of benzene rings is 2. The number of nitrogens with one attached hydrogen (secondary N) is 1. The molecule has 0 aliphatic carbocycles. The highest BCUT2D eigenvalue weighted by molar-refractivity contribution is 5.81. The van der Waals surface area contributed by atoms with Crippen molar-refractivity contribution < 1.29 is 23.5 Å². The van der Waals surface area contributed by atoms with Gasteiger partial charge in [-0.2, -0.15) is 0 Å². The SMILES string of the molecule is COc1ccc(CCNC(=O)COC(=O)Cc2coc(-c3ccccc3)n2)cc1. The highest BCUT2D eigenvalue weighted by Crippen LogP contribution is 2.18. The van der Waals surface area contributed by atoms with Gasteiger partial charge in [-0.15, -0.1) is 0 Å². The molecule has 0 fully saturated rings. The van der Waals surface area contributed by atoms with E-state index < -0.39 is 5.97 Å². The van der Waals surface area contributed by atoms with Crippen LogP contribution >= 0.6 is 0 Å². The van der Waals surface area contributed by atoms with Gasteiger partial charge in [-0.1, -0.05) is 30.3 Å². The summed E-state index contributed by atoms with van der Waals surface area (Å²) >= 11 is 0. The van der Waals surface area contributed by atoms with Crippen LogP contribution in [0.2, 0.25) is 0 Å². The maximum absolute atomic E-state index is 11.9. The number of methoxy groups -OCH3 is 1. The quantitative estimate of drug-likeness (QED) is 0.561. The molecule has 0 unspecified atom stereocenters. The van der Waals surface area contributed by atoms with Gasteiger partial charge in [0.05, 0.1) is 19.2 Å². The minimum absolute atomic E-state index is 0.0601. The topological polar surface area (TPSA) is 90.7 Å². The van der Waals surface area contributed by atoms with Crippen molar-refractivity contribution in [3.05, 3.63) is 72.1 Å². The van der Waals surface area contributed by atoms with Gasteiger partial charge in [0.15, 0.2) is 6.61 Å². The van der Waals surface area contributed by atoms with E-state index in [0.717, 1.165) is 16.9 Å². The zero-order valence-corrected chi connectivity index (χ0v) is 16.1. The van der Waals surface area contributed by atoms with Gasteiger partial charge in [0.2, 0.25) is 5.89 Å². The summed E-state index contributed by atoms with van der Waals surface area (Å²) < 4.78 is 15.5. The van der Waals surface area contributed by atoms with E-state index in [4.69, 9.17) is 13.9 Å². The average Bonchev–Trinajstić information content (AvgIpc) is 3.22. The Morgan fingerprint density at radius 1 is 1.07 bits per heavy atom. The number of oxazole rings is 1. The minimum atomic E-state index is -0.539. The lowest BCUT2D eigenvalue weighted by Gasteiger charge is -2.07. The monoisotopic (exact) mass is 394 g/mol. The van der Waals surface area contributed by atoms with Crippen molar-refractivity contribution in [1.29, 1.82) is 0 Å². The van der Waals surface area contributed by atoms with Gasteiger partial charge in [-0.05, 0) is 36.2 Å². The number of ether oxygens (including phenoxy) is 2. The van der Waals surface area contributed by atoms with Crippen LogP contribution in [0.5, 0.6) is 5.75 Å². The summed E-state index contributed by atoms with van der Waals surface area (Å²) in [4.78, 5) is 28.0. The zero-order chi connectivity index (χ0) is 20.5. The molecule has 0 aliphatic heterocycles. The lowest BCUT2D eigenvalue weighted by Crippen LogP contribution is -2.30. The van der Waals surface area contributed by atoms with Crippen LogP contribution in [-0.4, -0.2) is 37.1 Å². The molecule has 0 saturated carbocycles. The van der Waals surface area contributed by atoms with Gasteiger partial charge in [-0.25, -0.2) is 4.98 Å². The molecule has 7 nitrogen and oxygen atoms in total. The lowest BCUT2D eigenvalue weighted by atomic mass is 10.1. The molecule has 2 aromatic carbocycles. The molecule has 1 aromatic heterocycles. The molecule has 3 aromatic rings. The van der Waals surface area contributed by atoms with Gasteiger partial charge in [0.1, 0.15) is 12.0 Å². The van der Waals surface area contributed by atoms with Crippen molar-refractivity contribution in [1.82, 2.24) is 10.3 Å². The summed E-state index contributed by atoms with van der Waals surface area (Å²) in [6, 6.07) is 17.0. The number of carbonyl (C=O) groups excluding carboxylic acids is 2. The standard InChI is InChI=1S/C22H22N2O5/c1-27-19-9-7-16(8-10-19)11-12-23-20(25)15-28-21(26)13-18-14-29-22(24-18)17-5-3-2-4-6-17/h2-10,14H,11-13,15H2,1H3,(H,23,25). The van der Waals surface area contributed by atoms with E-state index in [9.17, 15) is 9.59 Å². The Labute approximate surface area is 168 Å². The molecule has 1 heterocycles. The van der Waals surface area contributed by atoms with Gasteiger partial charge < -0.3 is 19.2 Å². The van der Waals surface area contributed by atoms with E-state index in [-0.39, 0.29) is 18.9 Å². The van der Waals surface area contributed by atoms with Crippen molar-refractivity contribution in [2.24, 2.45) is 0 Å². The maximum atomic E-state index is 11.9. The summed E-state index contributed by atoms with van der Waals surface area (Å²) in [7, 11) is 1.61. The molecular weight excluding hydrogens is 372 g/mol. The Balaban J connectivity index is 1.36. The zero-order valence-electron chi connectivity index (χ0n) is 16.1. The molecule has 29 heavy (non-hydrogen) atoms. The molecule has 0 saturated heterocycles. The number of nitrogens with zero attached hydrogens (tertiary/aromatic N) is 1. The summed E-state index contributed by atoms with van der Waals surface area (Å²) in [6.07, 6.45) is 2.03. The van der Waals surface area contributed by atoms with E-state index in [1.54, 1.807) is 7.11 Å². The number of amides is 1. The van der Waals surface area contributed by atoms with E-state index in [2.05, 4.69) is 10.3 Å². The fourth-order valence-electron chi connectivity index (χ4n) is 2.64. The smallest absolute Gasteiger partial charge is 0.312 e. The van der Waals surface area contributed by atoms with Crippen LogP contribution in [0.3, 0.4) is 0 Å². The first-order valence-electron chi connectivity index (χ1n) is 9.19. The number of carbonyl (C=O) groups is 2. The first-order valence-corrected chi connectivity index (χ1v) is 9.19. The number of hydrogen-bond donors (Lipinski definition) is 1. The van der Waals surface area contributed by atoms with Gasteiger partial charge in [0.25, 0.3) is 5.91 Å². The van der Waals surface area contributed by atoms with Crippen LogP contribution in [0.1, 0.15) is 11.3 Å². The fraction of sp³-hybridized carbons (Fsp3) is 0.227. The molecule has 1 amide bonds. The van der Waals surface area contributed by atoms with E-state index >= 15 is 0 Å². The van der Waals surface area contributed by atoms with Crippen LogP contribution in [0, 0.1) is 0 Å². The molecule has 0 spiro atoms. The fourth-order valence-corrected chi connectivity index (χ4v) is 2.64. The molecule has 1 N–H and O–H groups in total. The predicted molar refractivity (Wildman–Crippen MR) is 106 cm³/mol. The predicted octanol–water partition coefficient (Wildman–Crippen LogP) is 2.79. The van der Waals surface area contributed by atoms with Gasteiger partial charge in [0, 0.05) is 12.1 Å². The average molecular weight is 394 g/mol. The first-order chi connectivity index (χ1) is 14.1. The van der Waals surface area contributed by atoms with Crippen molar-refractivity contribution in [3.63, 3.8) is 0 Å². The van der Waals surface area contributed by atoms with Gasteiger partial charge >= 0.3 is 5.97 Å². The second kappa shape index (κ2) is 10.1. The Hall–Kier alpha value is -3.61. The Morgan fingerprint density at radius 2 is 1.83 bits per heavy atom. The molecular formula is C22H22N2O5. The normalized spacial score (nSPS) is 10.4. The van der Waals surface area contributed by atoms with Crippen LogP contribution < -0.4 is 10.1 Å². The summed E-state index contributed by atoms with van der Waals surface area (Å²) in [5.74, 6) is 0.331. The Bertz CT molecular complexity index is 935. The highest BCUT2D eigenvalue weighted by atomic mass is 16.5. The Morgan fingerprint density at radius 3 is 2.55 bits per heavy atom. The number of aromatic nitrogens is 1. The summed E-state index contributed by atoms with van der Waals surface area (Å²) in [5.41, 5.74) is 2.35. The second-order valence-electron chi connectivity index (χ2n) is 6.30. The molecule has 0 radical (unpaired) electrons. The van der Waals surface area contributed by atoms with Crippen LogP contribution in [0.4, 0.5) is 0 Å². The van der Waals surface area contributed by atoms with Crippen LogP contribution in [-0.2, 0) is 27.2 Å². The van der Waals surface area contributed by atoms with E-state index in [0.29, 0.717) is 24.6 Å². The van der Waals surface area contributed by atoms with Crippen molar-refractivity contribution in [2.45, 2.75) is 12.8 Å². The third-order valence-electron chi connectivity index (χ3n) is 4.16. The third-order valence-corrected chi connectivity index (χ3v) is 4.16. The maximum Gasteiger partial charge on any atom is 0.312 e. The summed E-state index contributed by atoms with van der Waals surface area (Å²) in [6.45, 7) is 0.122. The lowest BCUT2D eigenvalue weighted by molar-refractivity contribution is -0.147. The van der Waals surface area contributed by atoms with E-state index in [1.165, 1.54) is 6.26 Å². The van der Waals surface area contributed by atoms with Crippen LogP contribution in [0.25, 0.3) is 11.5 Å². The Kier molecular flexibility index (Phi) is 7.00. The van der Waals surface area contributed by atoms with E-state index in [1.807, 2.05) is 54.6 Å². The molecule has 0 bridgehead atoms. The largest absolute Gasteiger partial charge is 0.497 e. The minimum Gasteiger partial charge on any atom is -0.497 e. The molecule has 0 atom stereocenters. The molecule has 150 valence electrons. The number of hydrogen-bond acceptors (Lipinski definition) is 6. The number of rotatable bonds is 9. The molecule has 0 aliphatic rings.